The molecule has 4 rings (SSSR count). The van der Waals surface area contributed by atoms with E-state index < -0.39 is 30.5 Å². The molecule has 11 heteroatoms. The van der Waals surface area contributed by atoms with E-state index in [2.05, 4.69) is 9.72 Å². The molecular formula is C24H27F3N2O6. The molecule has 1 aromatic carbocycles. The van der Waals surface area contributed by atoms with E-state index in [0.717, 1.165) is 5.69 Å². The minimum atomic E-state index is -4.73. The van der Waals surface area contributed by atoms with Crippen molar-refractivity contribution in [3.63, 3.8) is 0 Å². The number of aromatic nitrogens is 1. The number of nitrogens with zero attached hydrogens (tertiary/aromatic N) is 2. The van der Waals surface area contributed by atoms with Gasteiger partial charge >= 0.3 is 6.36 Å². The molecule has 0 saturated carbocycles. The molecule has 190 valence electrons. The van der Waals surface area contributed by atoms with E-state index in [-0.39, 0.29) is 24.0 Å². The molecule has 35 heavy (non-hydrogen) atoms. The summed E-state index contributed by atoms with van der Waals surface area (Å²) in [4.78, 5) is 19.5. The SMILES string of the molecule is COc1cc(C(=O)N2CCC3(c4ccccn4)OC(C)(C)OC3C2)ccc1OCCOC(F)(F)F. The van der Waals surface area contributed by atoms with Gasteiger partial charge in [-0.2, -0.15) is 0 Å². The van der Waals surface area contributed by atoms with Crippen LogP contribution in [-0.4, -0.2) is 67.5 Å². The van der Waals surface area contributed by atoms with Crippen molar-refractivity contribution in [2.45, 2.75) is 44.1 Å². The van der Waals surface area contributed by atoms with Gasteiger partial charge in [0.25, 0.3) is 5.91 Å². The zero-order valence-corrected chi connectivity index (χ0v) is 19.6. The lowest BCUT2D eigenvalue weighted by atomic mass is 9.85. The summed E-state index contributed by atoms with van der Waals surface area (Å²) in [6.45, 7) is 3.39. The van der Waals surface area contributed by atoms with E-state index in [1.54, 1.807) is 17.2 Å². The lowest BCUT2D eigenvalue weighted by molar-refractivity contribution is -0.325. The summed E-state index contributed by atoms with van der Waals surface area (Å²) in [5.41, 5.74) is 0.361. The van der Waals surface area contributed by atoms with Crippen molar-refractivity contribution in [2.75, 3.05) is 33.4 Å². The topological polar surface area (TPSA) is 79.4 Å². The smallest absolute Gasteiger partial charge is 0.493 e. The van der Waals surface area contributed by atoms with Gasteiger partial charge in [0.2, 0.25) is 0 Å². The second kappa shape index (κ2) is 9.63. The standard InChI is InChI=1S/C24H27F3N2O6/c1-22(2)34-20-15-29(11-9-23(20,35-22)19-6-4-5-10-28-19)21(30)16-7-8-17(18(14-16)31-3)32-12-13-33-24(25,26)27/h4-8,10,14,20H,9,11-13,15H2,1-3H3. The molecule has 2 aliphatic rings. The monoisotopic (exact) mass is 496 g/mol. The van der Waals surface area contributed by atoms with E-state index in [9.17, 15) is 18.0 Å². The maximum atomic E-state index is 13.3. The molecule has 2 fully saturated rings. The first-order chi connectivity index (χ1) is 16.5. The number of halogens is 3. The fraction of sp³-hybridized carbons (Fsp3) is 0.500. The summed E-state index contributed by atoms with van der Waals surface area (Å²) < 4.78 is 63.2. The Balaban J connectivity index is 1.46. The molecule has 2 saturated heterocycles. The number of likely N-dealkylation sites (tertiary alicyclic amines) is 1. The van der Waals surface area contributed by atoms with Crippen LogP contribution in [-0.2, 0) is 19.8 Å². The van der Waals surface area contributed by atoms with E-state index in [4.69, 9.17) is 18.9 Å². The Labute approximate surface area is 200 Å². The number of methoxy groups -OCH3 is 1. The quantitative estimate of drug-likeness (QED) is 0.538. The third kappa shape index (κ3) is 5.52. The molecule has 0 aliphatic carbocycles. The second-order valence-corrected chi connectivity index (χ2v) is 8.72. The van der Waals surface area contributed by atoms with Crippen molar-refractivity contribution in [1.29, 1.82) is 0 Å². The maximum absolute atomic E-state index is 13.3. The third-order valence-corrected chi connectivity index (χ3v) is 5.92. The van der Waals surface area contributed by atoms with Crippen LogP contribution in [0.5, 0.6) is 11.5 Å². The van der Waals surface area contributed by atoms with Crippen LogP contribution < -0.4 is 9.47 Å². The number of hydrogen-bond acceptors (Lipinski definition) is 7. The van der Waals surface area contributed by atoms with Gasteiger partial charge in [0, 0.05) is 24.7 Å². The number of fused-ring (bicyclic) bond motifs is 1. The summed E-state index contributed by atoms with van der Waals surface area (Å²) in [6.07, 6.45) is -2.93. The van der Waals surface area contributed by atoms with Gasteiger partial charge in [-0.3, -0.25) is 14.5 Å². The summed E-state index contributed by atoms with van der Waals surface area (Å²) in [5.74, 6) is -0.640. The van der Waals surface area contributed by atoms with Crippen LogP contribution >= 0.6 is 0 Å². The van der Waals surface area contributed by atoms with Gasteiger partial charge in [0.15, 0.2) is 17.3 Å². The Hall–Kier alpha value is -2.89. The molecule has 1 amide bonds. The van der Waals surface area contributed by atoms with Crippen molar-refractivity contribution in [3.05, 3.63) is 53.9 Å². The van der Waals surface area contributed by atoms with Gasteiger partial charge in [0.05, 0.1) is 26.0 Å². The van der Waals surface area contributed by atoms with E-state index in [0.29, 0.717) is 25.1 Å². The van der Waals surface area contributed by atoms with Gasteiger partial charge in [0.1, 0.15) is 18.3 Å². The maximum Gasteiger partial charge on any atom is 0.522 e. The number of amides is 1. The van der Waals surface area contributed by atoms with Gasteiger partial charge in [-0.1, -0.05) is 6.07 Å². The third-order valence-electron chi connectivity index (χ3n) is 5.92. The molecule has 2 atom stereocenters. The molecule has 2 aliphatic heterocycles. The lowest BCUT2D eigenvalue weighted by Crippen LogP contribution is -2.53. The highest BCUT2D eigenvalue weighted by molar-refractivity contribution is 5.95. The van der Waals surface area contributed by atoms with Crippen molar-refractivity contribution in [2.24, 2.45) is 0 Å². The van der Waals surface area contributed by atoms with Crippen LogP contribution in [0.4, 0.5) is 13.2 Å². The normalized spacial score (nSPS) is 23.6. The number of pyridine rings is 1. The van der Waals surface area contributed by atoms with Crippen LogP contribution in [0.1, 0.15) is 36.3 Å². The van der Waals surface area contributed by atoms with Gasteiger partial charge in [-0.25, -0.2) is 0 Å². The Kier molecular flexibility index (Phi) is 6.94. The van der Waals surface area contributed by atoms with Crippen LogP contribution in [0, 0.1) is 0 Å². The number of carbonyl (C=O) groups excluding carboxylic acids is 1. The van der Waals surface area contributed by atoms with Crippen molar-refractivity contribution < 1.29 is 41.7 Å². The first-order valence-corrected chi connectivity index (χ1v) is 11.1. The highest BCUT2D eigenvalue weighted by Crippen LogP contribution is 2.48. The largest absolute Gasteiger partial charge is 0.522 e. The highest BCUT2D eigenvalue weighted by atomic mass is 19.4. The van der Waals surface area contributed by atoms with E-state index >= 15 is 0 Å². The molecule has 0 spiro atoms. The molecule has 8 nitrogen and oxygen atoms in total. The van der Waals surface area contributed by atoms with Gasteiger partial charge in [-0.15, -0.1) is 13.2 Å². The zero-order valence-electron chi connectivity index (χ0n) is 19.6. The number of hydrogen-bond donors (Lipinski definition) is 0. The first-order valence-electron chi connectivity index (χ1n) is 11.1. The number of rotatable bonds is 7. The number of piperidine rings is 1. The number of carbonyl (C=O) groups is 1. The van der Waals surface area contributed by atoms with Gasteiger partial charge < -0.3 is 23.8 Å². The molecule has 0 bridgehead atoms. The molecular weight excluding hydrogens is 469 g/mol. The summed E-state index contributed by atoms with van der Waals surface area (Å²) in [6, 6.07) is 10.2. The molecule has 0 radical (unpaired) electrons. The molecule has 0 N–H and O–H groups in total. The average Bonchev–Trinajstić information content (AvgIpc) is 3.11. The predicted molar refractivity (Wildman–Crippen MR) is 117 cm³/mol. The van der Waals surface area contributed by atoms with Crippen molar-refractivity contribution in [3.8, 4) is 11.5 Å². The Morgan fingerprint density at radius 3 is 2.69 bits per heavy atom. The van der Waals surface area contributed by atoms with Crippen LogP contribution in [0.15, 0.2) is 42.6 Å². The average molecular weight is 496 g/mol. The van der Waals surface area contributed by atoms with Crippen LogP contribution in [0.2, 0.25) is 0 Å². The number of benzene rings is 1. The Bertz CT molecular complexity index is 1050. The van der Waals surface area contributed by atoms with Crippen LogP contribution in [0.25, 0.3) is 0 Å². The molecule has 1 aromatic heterocycles. The molecule has 2 aromatic rings. The lowest BCUT2D eigenvalue weighted by Gasteiger charge is -2.41. The zero-order chi connectivity index (χ0) is 25.3. The van der Waals surface area contributed by atoms with Crippen molar-refractivity contribution >= 4 is 5.91 Å². The summed E-state index contributed by atoms with van der Waals surface area (Å²) in [7, 11) is 1.39. The highest BCUT2D eigenvalue weighted by Gasteiger charge is 2.57. The molecule has 2 unspecified atom stereocenters. The Morgan fingerprint density at radius 1 is 1.20 bits per heavy atom. The van der Waals surface area contributed by atoms with Gasteiger partial charge in [-0.05, 0) is 44.2 Å². The van der Waals surface area contributed by atoms with Crippen molar-refractivity contribution in [1.82, 2.24) is 9.88 Å². The summed E-state index contributed by atoms with van der Waals surface area (Å²) >= 11 is 0. The minimum Gasteiger partial charge on any atom is -0.493 e. The predicted octanol–water partition coefficient (Wildman–Crippen LogP) is 3.90. The fourth-order valence-corrected chi connectivity index (χ4v) is 4.51. The van der Waals surface area contributed by atoms with E-state index in [1.807, 2.05) is 32.0 Å². The minimum absolute atomic E-state index is 0.205. The first kappa shape index (κ1) is 25.2. The number of alkyl halides is 3. The fourth-order valence-electron chi connectivity index (χ4n) is 4.51. The Morgan fingerprint density at radius 2 is 2.00 bits per heavy atom. The van der Waals surface area contributed by atoms with Crippen LogP contribution in [0.3, 0.4) is 0 Å². The van der Waals surface area contributed by atoms with E-state index in [1.165, 1.54) is 19.2 Å². The summed E-state index contributed by atoms with van der Waals surface area (Å²) in [5, 5.41) is 0. The molecule has 3 heterocycles. The number of ether oxygens (including phenoxy) is 5. The second-order valence-electron chi connectivity index (χ2n) is 8.72.